The Morgan fingerprint density at radius 1 is 1.07 bits per heavy atom. The van der Waals surface area contributed by atoms with Crippen molar-refractivity contribution in [3.05, 3.63) is 57.0 Å². The molecule has 0 heterocycles. The Morgan fingerprint density at radius 2 is 1.74 bits per heavy atom. The number of hydrogen-bond acceptors (Lipinski definition) is 5. The third kappa shape index (κ3) is 6.75. The molecule has 0 aliphatic rings. The van der Waals surface area contributed by atoms with Gasteiger partial charge in [-0.15, -0.1) is 0 Å². The zero-order chi connectivity index (χ0) is 20.0. The lowest BCUT2D eigenvalue weighted by Crippen LogP contribution is -2.22. The summed E-state index contributed by atoms with van der Waals surface area (Å²) < 4.78 is 30.8. The smallest absolute Gasteiger partial charge is 0.307 e. The van der Waals surface area contributed by atoms with Crippen LogP contribution in [0, 0.1) is 6.92 Å². The molecule has 0 fully saturated rings. The SMILES string of the molecule is Cc1ccc(S(=O)(=O)CCC(=O)OCC(=O)Nc2ccc(Br)cc2Br)cc1. The summed E-state index contributed by atoms with van der Waals surface area (Å²) in [5.74, 6) is -1.65. The Morgan fingerprint density at radius 3 is 2.37 bits per heavy atom. The van der Waals surface area contributed by atoms with Crippen molar-refractivity contribution in [1.82, 2.24) is 0 Å². The van der Waals surface area contributed by atoms with Gasteiger partial charge in [-0.2, -0.15) is 0 Å². The van der Waals surface area contributed by atoms with Crippen molar-refractivity contribution in [2.24, 2.45) is 0 Å². The Hall–Kier alpha value is -1.71. The zero-order valence-electron chi connectivity index (χ0n) is 14.4. The molecule has 6 nitrogen and oxygen atoms in total. The molecule has 9 heteroatoms. The molecule has 144 valence electrons. The van der Waals surface area contributed by atoms with E-state index in [1.807, 2.05) is 6.92 Å². The average Bonchev–Trinajstić information content (AvgIpc) is 2.61. The van der Waals surface area contributed by atoms with Gasteiger partial charge in [-0.3, -0.25) is 9.59 Å². The molecule has 27 heavy (non-hydrogen) atoms. The summed E-state index contributed by atoms with van der Waals surface area (Å²) in [6.07, 6.45) is -0.328. The van der Waals surface area contributed by atoms with Crippen LogP contribution in [0.5, 0.6) is 0 Å². The van der Waals surface area contributed by atoms with Gasteiger partial charge in [-0.25, -0.2) is 8.42 Å². The van der Waals surface area contributed by atoms with Crippen molar-refractivity contribution in [2.45, 2.75) is 18.2 Å². The largest absolute Gasteiger partial charge is 0.456 e. The fourth-order valence-corrected chi connectivity index (χ4v) is 4.44. The number of hydrogen-bond donors (Lipinski definition) is 1. The summed E-state index contributed by atoms with van der Waals surface area (Å²) in [7, 11) is -3.58. The molecule has 0 radical (unpaired) electrons. The second-order valence-corrected chi connectivity index (χ2v) is 9.59. The summed E-state index contributed by atoms with van der Waals surface area (Å²) in [6.45, 7) is 1.36. The Labute approximate surface area is 174 Å². The lowest BCUT2D eigenvalue weighted by Gasteiger charge is -2.09. The van der Waals surface area contributed by atoms with Crippen molar-refractivity contribution in [2.75, 3.05) is 17.7 Å². The molecule has 0 aliphatic carbocycles. The number of sulfone groups is 1. The molecule has 1 amide bonds. The molecule has 2 aromatic carbocycles. The van der Waals surface area contributed by atoms with Crippen LogP contribution in [-0.4, -0.2) is 32.7 Å². The quantitative estimate of drug-likeness (QED) is 0.562. The van der Waals surface area contributed by atoms with Crippen LogP contribution in [0.3, 0.4) is 0 Å². The van der Waals surface area contributed by atoms with Crippen molar-refractivity contribution in [3.8, 4) is 0 Å². The summed E-state index contributed by atoms with van der Waals surface area (Å²) >= 11 is 6.61. The Kier molecular flexibility index (Phi) is 7.58. The van der Waals surface area contributed by atoms with Crippen LogP contribution in [-0.2, 0) is 24.2 Å². The maximum atomic E-state index is 12.2. The molecule has 1 N–H and O–H groups in total. The van der Waals surface area contributed by atoms with Gasteiger partial charge in [-0.05, 0) is 53.2 Å². The minimum atomic E-state index is -3.58. The maximum absolute atomic E-state index is 12.2. The second kappa shape index (κ2) is 9.48. The van der Waals surface area contributed by atoms with E-state index in [2.05, 4.69) is 37.2 Å². The second-order valence-electron chi connectivity index (χ2n) is 5.71. The summed E-state index contributed by atoms with van der Waals surface area (Å²) in [5.41, 5.74) is 1.47. The third-order valence-corrected chi connectivity index (χ3v) is 6.41. The van der Waals surface area contributed by atoms with Gasteiger partial charge in [0.1, 0.15) is 0 Å². The molecule has 0 saturated heterocycles. The van der Waals surface area contributed by atoms with Crippen LogP contribution < -0.4 is 5.32 Å². The van der Waals surface area contributed by atoms with Gasteiger partial charge in [0, 0.05) is 8.95 Å². The standard InChI is InChI=1S/C18H17Br2NO5S/c1-12-2-5-14(6-3-12)27(24,25)9-8-18(23)26-11-17(22)21-16-7-4-13(19)10-15(16)20/h2-7,10H,8-9,11H2,1H3,(H,21,22). The van der Waals surface area contributed by atoms with E-state index in [9.17, 15) is 18.0 Å². The Bertz CT molecular complexity index is 943. The van der Waals surface area contributed by atoms with Crippen LogP contribution in [0.4, 0.5) is 5.69 Å². The first-order chi connectivity index (χ1) is 12.7. The number of carbonyl (C=O) groups excluding carboxylic acids is 2. The fourth-order valence-electron chi connectivity index (χ4n) is 2.08. The molecule has 2 aromatic rings. The van der Waals surface area contributed by atoms with E-state index >= 15 is 0 Å². The fraction of sp³-hybridized carbons (Fsp3) is 0.222. The minimum Gasteiger partial charge on any atom is -0.456 e. The van der Waals surface area contributed by atoms with Gasteiger partial charge >= 0.3 is 5.97 Å². The number of rotatable bonds is 7. The number of anilines is 1. The molecule has 0 saturated carbocycles. The number of aryl methyl sites for hydroxylation is 1. The first-order valence-corrected chi connectivity index (χ1v) is 11.1. The highest BCUT2D eigenvalue weighted by Gasteiger charge is 2.17. The van der Waals surface area contributed by atoms with Crippen molar-refractivity contribution < 1.29 is 22.7 Å². The molecule has 0 atom stereocenters. The van der Waals surface area contributed by atoms with Crippen LogP contribution in [0.2, 0.25) is 0 Å². The van der Waals surface area contributed by atoms with Crippen LogP contribution in [0.15, 0.2) is 56.3 Å². The summed E-state index contributed by atoms with van der Waals surface area (Å²) in [5, 5.41) is 2.59. The molecule has 0 aliphatic heterocycles. The van der Waals surface area contributed by atoms with Gasteiger partial charge in [0.2, 0.25) is 0 Å². The first-order valence-electron chi connectivity index (χ1n) is 7.87. The maximum Gasteiger partial charge on any atom is 0.307 e. The number of carbonyl (C=O) groups is 2. The van der Waals surface area contributed by atoms with Gasteiger partial charge in [0.15, 0.2) is 16.4 Å². The predicted octanol–water partition coefficient (Wildman–Crippen LogP) is 3.87. The number of ether oxygens (including phenoxy) is 1. The van der Waals surface area contributed by atoms with E-state index in [1.165, 1.54) is 12.1 Å². The highest BCUT2D eigenvalue weighted by molar-refractivity contribution is 9.11. The highest BCUT2D eigenvalue weighted by atomic mass is 79.9. The topological polar surface area (TPSA) is 89.5 Å². The van der Waals surface area contributed by atoms with E-state index in [0.717, 1.165) is 10.0 Å². The van der Waals surface area contributed by atoms with E-state index in [0.29, 0.717) is 10.2 Å². The normalized spacial score (nSPS) is 11.1. The van der Waals surface area contributed by atoms with E-state index in [4.69, 9.17) is 4.74 Å². The number of halogens is 2. The molecular formula is C18H17Br2NO5S. The molecule has 0 aromatic heterocycles. The van der Waals surface area contributed by atoms with Gasteiger partial charge < -0.3 is 10.1 Å². The third-order valence-electron chi connectivity index (χ3n) is 3.52. The van der Waals surface area contributed by atoms with E-state index in [-0.39, 0.29) is 17.1 Å². The van der Waals surface area contributed by atoms with Gasteiger partial charge in [0.25, 0.3) is 5.91 Å². The Balaban J connectivity index is 1.81. The van der Waals surface area contributed by atoms with Crippen LogP contribution in [0.1, 0.15) is 12.0 Å². The number of nitrogens with one attached hydrogen (secondary N) is 1. The molecule has 0 unspecified atom stereocenters. The van der Waals surface area contributed by atoms with Crippen molar-refractivity contribution >= 4 is 59.3 Å². The minimum absolute atomic E-state index is 0.152. The summed E-state index contributed by atoms with van der Waals surface area (Å²) in [4.78, 5) is 23.8. The summed E-state index contributed by atoms with van der Waals surface area (Å²) in [6, 6.07) is 11.6. The van der Waals surface area contributed by atoms with Crippen molar-refractivity contribution in [1.29, 1.82) is 0 Å². The molecule has 2 rings (SSSR count). The first kappa shape index (κ1) is 21.6. The lowest BCUT2D eigenvalue weighted by molar-refractivity contribution is -0.146. The average molecular weight is 519 g/mol. The van der Waals surface area contributed by atoms with Crippen LogP contribution >= 0.6 is 31.9 Å². The van der Waals surface area contributed by atoms with Gasteiger partial charge in [-0.1, -0.05) is 33.6 Å². The number of benzene rings is 2. The van der Waals surface area contributed by atoms with Crippen LogP contribution in [0.25, 0.3) is 0 Å². The molecule has 0 bridgehead atoms. The predicted molar refractivity (Wildman–Crippen MR) is 109 cm³/mol. The lowest BCUT2D eigenvalue weighted by atomic mass is 10.2. The van der Waals surface area contributed by atoms with Crippen molar-refractivity contribution in [3.63, 3.8) is 0 Å². The number of amides is 1. The number of esters is 1. The van der Waals surface area contributed by atoms with E-state index in [1.54, 1.807) is 30.3 Å². The van der Waals surface area contributed by atoms with Gasteiger partial charge in [0.05, 0.1) is 22.8 Å². The zero-order valence-corrected chi connectivity index (χ0v) is 18.4. The highest BCUT2D eigenvalue weighted by Crippen LogP contribution is 2.26. The molecular weight excluding hydrogens is 502 g/mol. The van der Waals surface area contributed by atoms with E-state index < -0.39 is 28.3 Å². The molecule has 0 spiro atoms. The monoisotopic (exact) mass is 517 g/mol.